The van der Waals surface area contributed by atoms with Crippen molar-refractivity contribution in [2.75, 3.05) is 41.3 Å². The topological polar surface area (TPSA) is 70.2 Å². The molecule has 0 bridgehead atoms. The highest BCUT2D eigenvalue weighted by atomic mass is 16.5. The zero-order valence-corrected chi connectivity index (χ0v) is 34.8. The van der Waals surface area contributed by atoms with Crippen molar-refractivity contribution in [2.24, 2.45) is 56.2 Å². The van der Waals surface area contributed by atoms with E-state index in [1.165, 1.54) is 31.4 Å². The Labute approximate surface area is 311 Å². The molecular weight excluding hydrogens is 635 g/mol. The number of carbonyl (C=O) groups is 3. The van der Waals surface area contributed by atoms with Crippen LogP contribution in [0.4, 0.5) is 0 Å². The Bertz CT molecular complexity index is 1410. The monoisotopic (exact) mass is 708 g/mol. The molecular formula is C44H73N3O4. The molecule has 0 aromatic rings. The van der Waals surface area contributed by atoms with Crippen molar-refractivity contribution in [1.29, 1.82) is 0 Å². The van der Waals surface area contributed by atoms with Gasteiger partial charge in [0.1, 0.15) is 18.7 Å². The van der Waals surface area contributed by atoms with Gasteiger partial charge in [-0.15, -0.1) is 0 Å². The number of ether oxygens (including phenoxy) is 1. The van der Waals surface area contributed by atoms with E-state index in [4.69, 9.17) is 4.74 Å². The van der Waals surface area contributed by atoms with Gasteiger partial charge in [0.2, 0.25) is 0 Å². The molecule has 0 radical (unpaired) electrons. The largest absolute Gasteiger partial charge is 0.462 e. The third kappa shape index (κ3) is 6.50. The number of nitrogens with zero attached hydrogens (tertiary/aromatic N) is 3. The van der Waals surface area contributed by atoms with Crippen LogP contribution in [0.3, 0.4) is 0 Å². The third-order valence-electron chi connectivity index (χ3n) is 16.2. The first-order valence-corrected chi connectivity index (χ1v) is 20.3. The number of hydrogen-bond donors (Lipinski definition) is 0. The molecule has 4 saturated carbocycles. The summed E-state index contributed by atoms with van der Waals surface area (Å²) in [5, 5.41) is 4.62. The second-order valence-corrected chi connectivity index (χ2v) is 20.3. The van der Waals surface area contributed by atoms with Crippen molar-refractivity contribution in [3.63, 3.8) is 0 Å². The maximum absolute atomic E-state index is 13.1. The van der Waals surface area contributed by atoms with Crippen molar-refractivity contribution in [3.8, 4) is 0 Å². The first-order chi connectivity index (χ1) is 23.6. The van der Waals surface area contributed by atoms with Crippen LogP contribution in [-0.2, 0) is 19.1 Å². The summed E-state index contributed by atoms with van der Waals surface area (Å²) >= 11 is 0. The molecule has 0 saturated heterocycles. The van der Waals surface area contributed by atoms with Gasteiger partial charge in [-0.1, -0.05) is 73.5 Å². The van der Waals surface area contributed by atoms with Crippen LogP contribution in [0.2, 0.25) is 0 Å². The summed E-state index contributed by atoms with van der Waals surface area (Å²) in [6.45, 7) is 22.9. The molecule has 5 aliphatic rings. The molecule has 5 aliphatic carbocycles. The standard InChI is InChI=1S/C44H73N3O4/c1-30(2)31-16-22-44(35(19-27-48)47(13)46(12)26-25-45(10)11)24-23-42(8)32(38(31)44)14-15-34-41(7)20-18-36(51-37(50)28-39(3,4)29-49)40(5,6)33(41)17-21-43(34,42)9/h19,27,29-30,32-34,36H,14-18,20-26,28H2,1-13H3/b35-19-/t32?,33?,34?,36?,41?,42-,43?,44?/m1/s1. The predicted octanol–water partition coefficient (Wildman–Crippen LogP) is 8.74. The molecule has 0 aliphatic heterocycles. The molecule has 4 fully saturated rings. The smallest absolute Gasteiger partial charge is 0.307 e. The van der Waals surface area contributed by atoms with Crippen molar-refractivity contribution in [2.45, 2.75) is 139 Å². The number of likely N-dealkylation sites (N-methyl/N-ethyl adjacent to an activating group) is 2. The summed E-state index contributed by atoms with van der Waals surface area (Å²) in [7, 11) is 8.59. The van der Waals surface area contributed by atoms with Crippen molar-refractivity contribution >= 4 is 18.5 Å². The Kier molecular flexibility index (Phi) is 11.0. The Morgan fingerprint density at radius 3 is 2.16 bits per heavy atom. The quantitative estimate of drug-likeness (QED) is 0.0661. The van der Waals surface area contributed by atoms with E-state index < -0.39 is 5.41 Å². The average molecular weight is 708 g/mol. The lowest BCUT2D eigenvalue weighted by atomic mass is 9.33. The van der Waals surface area contributed by atoms with Crippen LogP contribution in [0, 0.1) is 56.2 Å². The fraction of sp³-hybridized carbons (Fsp3) is 0.841. The van der Waals surface area contributed by atoms with Gasteiger partial charge in [0.15, 0.2) is 0 Å². The van der Waals surface area contributed by atoms with E-state index in [0.717, 1.165) is 64.2 Å². The molecule has 0 aromatic carbocycles. The first kappa shape index (κ1) is 40.2. The van der Waals surface area contributed by atoms with Gasteiger partial charge in [0.05, 0.1) is 6.42 Å². The highest BCUT2D eigenvalue weighted by Crippen LogP contribution is 2.77. The van der Waals surface area contributed by atoms with E-state index in [2.05, 4.69) is 91.6 Å². The van der Waals surface area contributed by atoms with Crippen LogP contribution in [0.25, 0.3) is 0 Å². The summed E-state index contributed by atoms with van der Waals surface area (Å²) in [4.78, 5) is 39.3. The van der Waals surface area contributed by atoms with Crippen LogP contribution >= 0.6 is 0 Å². The van der Waals surface area contributed by atoms with Crippen LogP contribution in [-0.4, -0.2) is 80.8 Å². The predicted molar refractivity (Wildman–Crippen MR) is 206 cm³/mol. The van der Waals surface area contributed by atoms with Crippen LogP contribution < -0.4 is 0 Å². The molecule has 5 rings (SSSR count). The van der Waals surface area contributed by atoms with E-state index in [0.29, 0.717) is 23.7 Å². The molecule has 8 atom stereocenters. The van der Waals surface area contributed by atoms with Crippen molar-refractivity contribution < 1.29 is 19.1 Å². The van der Waals surface area contributed by atoms with Crippen LogP contribution in [0.5, 0.6) is 0 Å². The molecule has 7 nitrogen and oxygen atoms in total. The lowest BCUT2D eigenvalue weighted by Crippen LogP contribution is -2.66. The molecule has 0 aromatic heterocycles. The molecule has 51 heavy (non-hydrogen) atoms. The van der Waals surface area contributed by atoms with E-state index in [1.54, 1.807) is 11.1 Å². The number of aldehydes is 2. The van der Waals surface area contributed by atoms with Gasteiger partial charge in [0.25, 0.3) is 0 Å². The number of hydrogen-bond acceptors (Lipinski definition) is 7. The van der Waals surface area contributed by atoms with Gasteiger partial charge in [0, 0.05) is 49.1 Å². The Morgan fingerprint density at radius 1 is 0.863 bits per heavy atom. The first-order valence-electron chi connectivity index (χ1n) is 20.3. The summed E-state index contributed by atoms with van der Waals surface area (Å²) in [5.41, 5.74) is 4.17. The highest BCUT2D eigenvalue weighted by Gasteiger charge is 2.70. The van der Waals surface area contributed by atoms with Gasteiger partial charge in [-0.2, -0.15) is 0 Å². The highest BCUT2D eigenvalue weighted by molar-refractivity contribution is 5.75. The van der Waals surface area contributed by atoms with Crippen molar-refractivity contribution in [3.05, 3.63) is 22.9 Å². The Hall–Kier alpha value is -1.99. The zero-order chi connectivity index (χ0) is 37.9. The lowest BCUT2D eigenvalue weighted by molar-refractivity contribution is -0.233. The van der Waals surface area contributed by atoms with Gasteiger partial charge in [-0.25, -0.2) is 5.01 Å². The molecule has 0 spiro atoms. The van der Waals surface area contributed by atoms with Crippen molar-refractivity contribution in [1.82, 2.24) is 14.9 Å². The summed E-state index contributed by atoms with van der Waals surface area (Å²) in [6.07, 6.45) is 15.1. The third-order valence-corrected chi connectivity index (χ3v) is 16.2. The minimum atomic E-state index is -0.700. The van der Waals surface area contributed by atoms with Gasteiger partial charge in [-0.05, 0) is 124 Å². The van der Waals surface area contributed by atoms with Crippen LogP contribution in [0.15, 0.2) is 22.9 Å². The number of allylic oxidation sites excluding steroid dienone is 3. The maximum Gasteiger partial charge on any atom is 0.307 e. The maximum atomic E-state index is 13.1. The van der Waals surface area contributed by atoms with E-state index in [-0.39, 0.29) is 45.6 Å². The summed E-state index contributed by atoms with van der Waals surface area (Å²) < 4.78 is 6.26. The second kappa shape index (κ2) is 14.0. The minimum Gasteiger partial charge on any atom is -0.462 e. The molecule has 288 valence electrons. The molecule has 7 unspecified atom stereocenters. The number of esters is 1. The minimum absolute atomic E-state index is 0.0988. The fourth-order valence-corrected chi connectivity index (χ4v) is 13.2. The van der Waals surface area contributed by atoms with Crippen LogP contribution in [0.1, 0.15) is 133 Å². The average Bonchev–Trinajstić information content (AvgIpc) is 3.44. The van der Waals surface area contributed by atoms with Gasteiger partial charge >= 0.3 is 5.97 Å². The van der Waals surface area contributed by atoms with Gasteiger partial charge in [-0.3, -0.25) is 9.59 Å². The normalized spacial score (nSPS) is 37.8. The van der Waals surface area contributed by atoms with E-state index >= 15 is 0 Å². The number of carbonyl (C=O) groups excluding carboxylic acids is 3. The molecule has 7 heteroatoms. The summed E-state index contributed by atoms with van der Waals surface area (Å²) in [6, 6.07) is 0. The van der Waals surface area contributed by atoms with Gasteiger partial charge < -0.3 is 19.4 Å². The molecule has 0 heterocycles. The number of fused-ring (bicyclic) bond motifs is 7. The number of rotatable bonds is 12. The summed E-state index contributed by atoms with van der Waals surface area (Å²) in [5.74, 6) is 1.85. The Balaban J connectivity index is 1.48. The SMILES string of the molecule is CC(C)C1=C2C3CCC4C5(C)CCC(OC(=O)CC(C)(C)C=O)C(C)(C)C5CCC4(C)[C@]3(C)CCC2(/C(=C/C=O)N(C)N(C)CCN(C)C)CC1. The molecule has 0 N–H and O–H groups in total. The molecule has 0 amide bonds. The van der Waals surface area contributed by atoms with E-state index in [1.807, 2.05) is 19.9 Å². The Morgan fingerprint density at radius 2 is 1.55 bits per heavy atom. The number of hydrazine groups is 1. The zero-order valence-electron chi connectivity index (χ0n) is 34.8. The van der Waals surface area contributed by atoms with E-state index in [9.17, 15) is 14.4 Å². The lowest BCUT2D eigenvalue weighted by Gasteiger charge is -2.72. The fourth-order valence-electron chi connectivity index (χ4n) is 13.2. The second-order valence-electron chi connectivity index (χ2n) is 20.3.